The summed E-state index contributed by atoms with van der Waals surface area (Å²) in [4.78, 5) is 0. The topological polar surface area (TPSA) is 65.3 Å². The molecule has 0 radical (unpaired) electrons. The van der Waals surface area contributed by atoms with E-state index in [1.165, 1.54) is 18.2 Å². The lowest BCUT2D eigenvalue weighted by atomic mass is 10.1. The molecule has 0 aromatic heterocycles. The molecule has 0 spiro atoms. The number of hydrogen-bond acceptors (Lipinski definition) is 4. The van der Waals surface area contributed by atoms with Crippen LogP contribution in [0.1, 0.15) is 18.5 Å². The lowest BCUT2D eigenvalue weighted by Gasteiger charge is -2.15. The molecule has 1 unspecified atom stereocenters. The molecule has 0 aliphatic carbocycles. The van der Waals surface area contributed by atoms with Crippen molar-refractivity contribution < 1.29 is 14.2 Å². The molecule has 0 amide bonds. The second-order valence-electron chi connectivity index (χ2n) is 4.37. The highest BCUT2D eigenvalue weighted by Gasteiger charge is 2.13. The predicted molar refractivity (Wildman–Crippen MR) is 77.7 cm³/mol. The van der Waals surface area contributed by atoms with E-state index in [-0.39, 0.29) is 11.6 Å². The largest absolute Gasteiger partial charge is 0.504 e. The summed E-state index contributed by atoms with van der Waals surface area (Å²) in [5, 5.41) is 22.0. The standard InChI is InChI=1S/C16H15FN2O2/c1-2-21-16-9-11(3-8-15(16)20)14(10-18)19-13-6-4-12(17)5-7-13/h3-9,14,19-20H,2H2,1H3. The summed E-state index contributed by atoms with van der Waals surface area (Å²) in [6.45, 7) is 2.23. The molecule has 0 heterocycles. The van der Waals surface area contributed by atoms with Gasteiger partial charge in [-0.15, -0.1) is 0 Å². The summed E-state index contributed by atoms with van der Waals surface area (Å²) in [5.74, 6) is 0.0209. The van der Waals surface area contributed by atoms with Crippen LogP contribution in [0.5, 0.6) is 11.5 Å². The maximum Gasteiger partial charge on any atom is 0.161 e. The lowest BCUT2D eigenvalue weighted by molar-refractivity contribution is 0.317. The second-order valence-corrected chi connectivity index (χ2v) is 4.37. The summed E-state index contributed by atoms with van der Waals surface area (Å²) in [7, 11) is 0. The van der Waals surface area contributed by atoms with Crippen LogP contribution >= 0.6 is 0 Å². The van der Waals surface area contributed by atoms with Gasteiger partial charge in [0.25, 0.3) is 0 Å². The fourth-order valence-corrected chi connectivity index (χ4v) is 1.88. The van der Waals surface area contributed by atoms with Gasteiger partial charge in [0.05, 0.1) is 12.7 Å². The molecule has 0 saturated heterocycles. The van der Waals surface area contributed by atoms with Crippen molar-refractivity contribution in [1.82, 2.24) is 0 Å². The van der Waals surface area contributed by atoms with Crippen molar-refractivity contribution in [2.24, 2.45) is 0 Å². The van der Waals surface area contributed by atoms with Crippen LogP contribution in [-0.2, 0) is 0 Å². The van der Waals surface area contributed by atoms with Gasteiger partial charge in [-0.25, -0.2) is 4.39 Å². The minimum absolute atomic E-state index is 0.0269. The first kappa shape index (κ1) is 14.7. The number of anilines is 1. The Morgan fingerprint density at radius 2 is 2.00 bits per heavy atom. The Kier molecular flexibility index (Phi) is 4.62. The molecule has 0 saturated carbocycles. The van der Waals surface area contributed by atoms with Crippen molar-refractivity contribution in [3.8, 4) is 17.6 Å². The SMILES string of the molecule is CCOc1cc(C(C#N)Nc2ccc(F)cc2)ccc1O. The number of halogens is 1. The van der Waals surface area contributed by atoms with E-state index in [0.29, 0.717) is 23.6 Å². The Bertz CT molecular complexity index is 650. The number of nitriles is 1. The molecule has 108 valence electrons. The van der Waals surface area contributed by atoms with Crippen LogP contribution in [0.4, 0.5) is 10.1 Å². The first-order valence-electron chi connectivity index (χ1n) is 6.51. The van der Waals surface area contributed by atoms with Crippen LogP contribution < -0.4 is 10.1 Å². The van der Waals surface area contributed by atoms with E-state index in [1.807, 2.05) is 6.92 Å². The molecule has 1 atom stereocenters. The van der Waals surface area contributed by atoms with Gasteiger partial charge in [0, 0.05) is 5.69 Å². The van der Waals surface area contributed by atoms with Crippen LogP contribution in [0.25, 0.3) is 0 Å². The Balaban J connectivity index is 2.23. The van der Waals surface area contributed by atoms with E-state index in [4.69, 9.17) is 4.74 Å². The van der Waals surface area contributed by atoms with Gasteiger partial charge in [0.2, 0.25) is 0 Å². The Morgan fingerprint density at radius 1 is 1.29 bits per heavy atom. The van der Waals surface area contributed by atoms with Gasteiger partial charge in [0.15, 0.2) is 11.5 Å². The van der Waals surface area contributed by atoms with Crippen LogP contribution in [0.15, 0.2) is 42.5 Å². The number of aromatic hydroxyl groups is 1. The van der Waals surface area contributed by atoms with Crippen molar-refractivity contribution in [3.63, 3.8) is 0 Å². The van der Waals surface area contributed by atoms with Crippen molar-refractivity contribution in [2.45, 2.75) is 13.0 Å². The molecule has 0 aliphatic rings. The average Bonchev–Trinajstić information content (AvgIpc) is 2.49. The molecule has 4 nitrogen and oxygen atoms in total. The Hall–Kier alpha value is -2.74. The summed E-state index contributed by atoms with van der Waals surface area (Å²) in [5.41, 5.74) is 1.29. The number of hydrogen-bond donors (Lipinski definition) is 2. The molecule has 21 heavy (non-hydrogen) atoms. The third-order valence-corrected chi connectivity index (χ3v) is 2.90. The maximum atomic E-state index is 12.9. The minimum atomic E-state index is -0.629. The zero-order valence-corrected chi connectivity index (χ0v) is 11.5. The average molecular weight is 286 g/mol. The first-order valence-corrected chi connectivity index (χ1v) is 6.51. The van der Waals surface area contributed by atoms with Gasteiger partial charge >= 0.3 is 0 Å². The van der Waals surface area contributed by atoms with Gasteiger partial charge in [-0.3, -0.25) is 0 Å². The molecule has 0 aliphatic heterocycles. The molecule has 2 aromatic rings. The molecule has 2 rings (SSSR count). The second kappa shape index (κ2) is 6.62. The summed E-state index contributed by atoms with van der Waals surface area (Å²) < 4.78 is 18.2. The van der Waals surface area contributed by atoms with Crippen molar-refractivity contribution in [2.75, 3.05) is 11.9 Å². The normalized spacial score (nSPS) is 11.5. The highest BCUT2D eigenvalue weighted by Crippen LogP contribution is 2.30. The van der Waals surface area contributed by atoms with Crippen LogP contribution in [0.2, 0.25) is 0 Å². The molecular weight excluding hydrogens is 271 g/mol. The smallest absolute Gasteiger partial charge is 0.161 e. The van der Waals surface area contributed by atoms with E-state index in [1.54, 1.807) is 24.3 Å². The predicted octanol–water partition coefficient (Wildman–Crippen LogP) is 3.61. The number of rotatable bonds is 5. The van der Waals surface area contributed by atoms with E-state index < -0.39 is 6.04 Å². The van der Waals surface area contributed by atoms with E-state index in [9.17, 15) is 14.8 Å². The van der Waals surface area contributed by atoms with Crippen molar-refractivity contribution >= 4 is 5.69 Å². The molecule has 2 aromatic carbocycles. The molecule has 2 N–H and O–H groups in total. The van der Waals surface area contributed by atoms with Gasteiger partial charge in [-0.1, -0.05) is 6.07 Å². The van der Waals surface area contributed by atoms with E-state index >= 15 is 0 Å². The molecular formula is C16H15FN2O2. The van der Waals surface area contributed by atoms with Crippen LogP contribution in [0.3, 0.4) is 0 Å². The maximum absolute atomic E-state index is 12.9. The Labute approximate surface area is 122 Å². The zero-order valence-electron chi connectivity index (χ0n) is 11.5. The highest BCUT2D eigenvalue weighted by molar-refractivity contribution is 5.50. The van der Waals surface area contributed by atoms with E-state index in [2.05, 4.69) is 11.4 Å². The van der Waals surface area contributed by atoms with Crippen LogP contribution in [0, 0.1) is 17.1 Å². The monoisotopic (exact) mass is 286 g/mol. The number of phenols is 1. The summed E-state index contributed by atoms with van der Waals surface area (Å²) in [6.07, 6.45) is 0. The lowest BCUT2D eigenvalue weighted by Crippen LogP contribution is -2.08. The fraction of sp³-hybridized carbons (Fsp3) is 0.188. The van der Waals surface area contributed by atoms with Gasteiger partial charge in [-0.2, -0.15) is 5.26 Å². The quantitative estimate of drug-likeness (QED) is 0.881. The van der Waals surface area contributed by atoms with Gasteiger partial charge in [0.1, 0.15) is 11.9 Å². The molecule has 0 bridgehead atoms. The molecule has 5 heteroatoms. The number of nitrogens with zero attached hydrogens (tertiary/aromatic N) is 1. The highest BCUT2D eigenvalue weighted by atomic mass is 19.1. The minimum Gasteiger partial charge on any atom is -0.504 e. The Morgan fingerprint density at radius 3 is 2.62 bits per heavy atom. The number of nitrogens with one attached hydrogen (secondary N) is 1. The zero-order chi connectivity index (χ0) is 15.2. The fourth-order valence-electron chi connectivity index (χ4n) is 1.88. The van der Waals surface area contributed by atoms with Gasteiger partial charge < -0.3 is 15.2 Å². The third-order valence-electron chi connectivity index (χ3n) is 2.90. The first-order chi connectivity index (χ1) is 10.1. The number of benzene rings is 2. The van der Waals surface area contributed by atoms with Gasteiger partial charge in [-0.05, 0) is 48.9 Å². The summed E-state index contributed by atoms with van der Waals surface area (Å²) in [6, 6.07) is 12.0. The molecule has 0 fully saturated rings. The van der Waals surface area contributed by atoms with Crippen molar-refractivity contribution in [1.29, 1.82) is 5.26 Å². The number of ether oxygens (including phenoxy) is 1. The van der Waals surface area contributed by atoms with Crippen LogP contribution in [-0.4, -0.2) is 11.7 Å². The van der Waals surface area contributed by atoms with E-state index in [0.717, 1.165) is 0 Å². The third kappa shape index (κ3) is 3.63. The van der Waals surface area contributed by atoms with Crippen molar-refractivity contribution in [3.05, 3.63) is 53.8 Å². The number of phenolic OH excluding ortho intramolecular Hbond substituents is 1. The summed E-state index contributed by atoms with van der Waals surface area (Å²) >= 11 is 0.